The lowest BCUT2D eigenvalue weighted by Crippen LogP contribution is -2.16. The summed E-state index contributed by atoms with van der Waals surface area (Å²) in [5, 5.41) is 0. The van der Waals surface area contributed by atoms with Crippen LogP contribution in [0, 0.1) is 29.6 Å². The topological polar surface area (TPSA) is 0 Å². The van der Waals surface area contributed by atoms with Gasteiger partial charge < -0.3 is 0 Å². The van der Waals surface area contributed by atoms with Crippen LogP contribution < -0.4 is 0 Å². The van der Waals surface area contributed by atoms with Crippen molar-refractivity contribution in [2.45, 2.75) is 60.3 Å². The van der Waals surface area contributed by atoms with Gasteiger partial charge in [-0.3, -0.25) is 0 Å². The Morgan fingerprint density at radius 1 is 1.11 bits per heavy atom. The molecule has 0 aliphatic heterocycles. The fourth-order valence-corrected chi connectivity index (χ4v) is 3.03. The fourth-order valence-electron chi connectivity index (χ4n) is 3.03. The Hall–Kier alpha value is -0.960. The lowest BCUT2D eigenvalue weighted by atomic mass is 9.77. The minimum absolute atomic E-state index is 0.0730. The average Bonchev–Trinajstić information content (AvgIpc) is 2.25. The third kappa shape index (κ3) is 4.73. The summed E-state index contributed by atoms with van der Waals surface area (Å²) < 4.78 is 0. The first-order valence-corrected chi connectivity index (χ1v) is 7.19. The lowest BCUT2D eigenvalue weighted by Gasteiger charge is -2.28. The maximum absolute atomic E-state index is 5.74. The van der Waals surface area contributed by atoms with E-state index in [0.29, 0.717) is 5.92 Å². The standard InChI is InChI=1S/C18H28/c1-7-16(13-18(5,6)12-14(2)3)17-10-8-15(4)9-11-17/h1,12-13,15,17H,8-11H2,2-6H3/b16-13+. The van der Waals surface area contributed by atoms with Crippen LogP contribution in [0.4, 0.5) is 0 Å². The molecule has 1 aliphatic carbocycles. The highest BCUT2D eigenvalue weighted by molar-refractivity contribution is 5.32. The normalized spacial score (nSPS) is 25.4. The molecule has 0 atom stereocenters. The average molecular weight is 244 g/mol. The molecular weight excluding hydrogens is 216 g/mol. The Kier molecular flexibility index (Phi) is 5.27. The van der Waals surface area contributed by atoms with Gasteiger partial charge in [0.15, 0.2) is 0 Å². The third-order valence-electron chi connectivity index (χ3n) is 3.81. The van der Waals surface area contributed by atoms with Gasteiger partial charge in [-0.05, 0) is 38.5 Å². The van der Waals surface area contributed by atoms with Crippen LogP contribution in [0.1, 0.15) is 60.3 Å². The summed E-state index contributed by atoms with van der Waals surface area (Å²) in [4.78, 5) is 0. The van der Waals surface area contributed by atoms with Gasteiger partial charge in [-0.25, -0.2) is 0 Å². The van der Waals surface area contributed by atoms with E-state index < -0.39 is 0 Å². The van der Waals surface area contributed by atoms with Gasteiger partial charge in [-0.2, -0.15) is 0 Å². The highest BCUT2D eigenvalue weighted by Gasteiger charge is 2.22. The van der Waals surface area contributed by atoms with E-state index in [0.717, 1.165) is 5.92 Å². The van der Waals surface area contributed by atoms with Gasteiger partial charge >= 0.3 is 0 Å². The molecule has 18 heavy (non-hydrogen) atoms. The van der Waals surface area contributed by atoms with E-state index in [4.69, 9.17) is 6.42 Å². The molecule has 0 N–H and O–H groups in total. The summed E-state index contributed by atoms with van der Waals surface area (Å²) in [5.41, 5.74) is 2.65. The van der Waals surface area contributed by atoms with E-state index >= 15 is 0 Å². The molecule has 100 valence electrons. The first-order valence-electron chi connectivity index (χ1n) is 7.19. The van der Waals surface area contributed by atoms with Gasteiger partial charge in [-0.15, -0.1) is 6.42 Å². The van der Waals surface area contributed by atoms with E-state index in [9.17, 15) is 0 Å². The summed E-state index contributed by atoms with van der Waals surface area (Å²) in [7, 11) is 0. The van der Waals surface area contributed by atoms with E-state index in [-0.39, 0.29) is 5.41 Å². The smallest absolute Gasteiger partial charge is 0.00191 e. The van der Waals surface area contributed by atoms with E-state index in [2.05, 4.69) is 52.7 Å². The lowest BCUT2D eigenvalue weighted by molar-refractivity contribution is 0.323. The molecule has 0 amide bonds. The van der Waals surface area contributed by atoms with Crippen LogP contribution in [-0.2, 0) is 0 Å². The maximum Gasteiger partial charge on any atom is 0.00191 e. The van der Waals surface area contributed by atoms with Crippen molar-refractivity contribution in [3.05, 3.63) is 23.3 Å². The Morgan fingerprint density at radius 3 is 2.11 bits per heavy atom. The predicted octanol–water partition coefficient (Wildman–Crippen LogP) is 5.36. The quantitative estimate of drug-likeness (QED) is 0.463. The summed E-state index contributed by atoms with van der Waals surface area (Å²) >= 11 is 0. The molecular formula is C18H28. The molecule has 0 spiro atoms. The number of hydrogen-bond acceptors (Lipinski definition) is 0. The fraction of sp³-hybridized carbons (Fsp3) is 0.667. The largest absolute Gasteiger partial charge is 0.115 e. The first-order chi connectivity index (χ1) is 8.34. The van der Waals surface area contributed by atoms with Gasteiger partial charge in [0, 0.05) is 11.0 Å². The number of hydrogen-bond donors (Lipinski definition) is 0. The van der Waals surface area contributed by atoms with Crippen molar-refractivity contribution in [1.29, 1.82) is 0 Å². The van der Waals surface area contributed by atoms with Crippen molar-refractivity contribution < 1.29 is 0 Å². The molecule has 0 heterocycles. The summed E-state index contributed by atoms with van der Waals surface area (Å²) in [6.45, 7) is 11.1. The second kappa shape index (κ2) is 6.28. The highest BCUT2D eigenvalue weighted by atomic mass is 14.3. The molecule has 0 bridgehead atoms. The monoisotopic (exact) mass is 244 g/mol. The molecule has 1 rings (SSSR count). The van der Waals surface area contributed by atoms with Gasteiger partial charge in [0.05, 0.1) is 0 Å². The number of allylic oxidation sites excluding steroid dienone is 4. The first kappa shape index (κ1) is 15.1. The zero-order chi connectivity index (χ0) is 13.8. The Balaban J connectivity index is 2.83. The third-order valence-corrected chi connectivity index (χ3v) is 3.81. The van der Waals surface area contributed by atoms with E-state index in [1.165, 1.54) is 36.8 Å². The number of terminal acetylenes is 1. The van der Waals surface area contributed by atoms with Crippen molar-refractivity contribution in [2.75, 3.05) is 0 Å². The molecule has 1 saturated carbocycles. The maximum atomic E-state index is 5.74. The van der Waals surface area contributed by atoms with Crippen molar-refractivity contribution in [1.82, 2.24) is 0 Å². The Morgan fingerprint density at radius 2 is 1.67 bits per heavy atom. The molecule has 0 radical (unpaired) electrons. The summed E-state index contributed by atoms with van der Waals surface area (Å²) in [6, 6.07) is 0. The zero-order valence-electron chi connectivity index (χ0n) is 12.7. The molecule has 0 aromatic heterocycles. The molecule has 1 fully saturated rings. The summed E-state index contributed by atoms with van der Waals surface area (Å²) in [5.74, 6) is 4.45. The van der Waals surface area contributed by atoms with E-state index in [1.54, 1.807) is 0 Å². The van der Waals surface area contributed by atoms with Crippen LogP contribution in [-0.4, -0.2) is 0 Å². The minimum atomic E-state index is 0.0730. The van der Waals surface area contributed by atoms with Gasteiger partial charge in [-0.1, -0.05) is 57.3 Å². The molecule has 1 aliphatic rings. The van der Waals surface area contributed by atoms with Crippen LogP contribution >= 0.6 is 0 Å². The van der Waals surface area contributed by atoms with Crippen LogP contribution in [0.25, 0.3) is 0 Å². The Bertz CT molecular complexity index is 361. The SMILES string of the molecule is C#C/C(=C\C(C)(C)C=C(C)C)C1CCC(C)CC1. The number of rotatable bonds is 3. The van der Waals surface area contributed by atoms with Gasteiger partial charge in [0.1, 0.15) is 0 Å². The second-order valence-electron chi connectivity index (χ2n) is 6.74. The molecule has 0 nitrogen and oxygen atoms in total. The molecule has 0 unspecified atom stereocenters. The highest BCUT2D eigenvalue weighted by Crippen LogP contribution is 2.35. The second-order valence-corrected chi connectivity index (χ2v) is 6.74. The van der Waals surface area contributed by atoms with Crippen molar-refractivity contribution in [3.63, 3.8) is 0 Å². The van der Waals surface area contributed by atoms with Crippen LogP contribution in [0.2, 0.25) is 0 Å². The van der Waals surface area contributed by atoms with Crippen LogP contribution in [0.3, 0.4) is 0 Å². The molecule has 0 heteroatoms. The minimum Gasteiger partial charge on any atom is -0.115 e. The van der Waals surface area contributed by atoms with Gasteiger partial charge in [0.25, 0.3) is 0 Å². The molecule has 0 saturated heterocycles. The van der Waals surface area contributed by atoms with Crippen molar-refractivity contribution >= 4 is 0 Å². The van der Waals surface area contributed by atoms with Crippen molar-refractivity contribution in [2.24, 2.45) is 17.3 Å². The predicted molar refractivity (Wildman–Crippen MR) is 81.3 cm³/mol. The molecule has 0 aromatic carbocycles. The molecule has 0 aromatic rings. The summed E-state index contributed by atoms with van der Waals surface area (Å²) in [6.07, 6.45) is 15.5. The van der Waals surface area contributed by atoms with Crippen molar-refractivity contribution in [3.8, 4) is 12.3 Å². The van der Waals surface area contributed by atoms with Crippen LogP contribution in [0.5, 0.6) is 0 Å². The van der Waals surface area contributed by atoms with E-state index in [1.807, 2.05) is 0 Å². The zero-order valence-corrected chi connectivity index (χ0v) is 12.7. The van der Waals surface area contributed by atoms with Gasteiger partial charge in [0.2, 0.25) is 0 Å². The van der Waals surface area contributed by atoms with Crippen LogP contribution in [0.15, 0.2) is 23.3 Å². The Labute approximate surface area is 114 Å².